The van der Waals surface area contributed by atoms with Gasteiger partial charge < -0.3 is 14.6 Å². The maximum absolute atomic E-state index is 12.7. The highest BCUT2D eigenvalue weighted by molar-refractivity contribution is 6.03. The van der Waals surface area contributed by atoms with Gasteiger partial charge >= 0.3 is 6.15 Å². The zero-order chi connectivity index (χ0) is 29.8. The molecule has 2 aliphatic rings. The van der Waals surface area contributed by atoms with Crippen molar-refractivity contribution in [1.82, 2.24) is 9.89 Å². The van der Waals surface area contributed by atoms with Crippen molar-refractivity contribution in [3.05, 3.63) is 82.0 Å². The summed E-state index contributed by atoms with van der Waals surface area (Å²) >= 11 is 0. The Morgan fingerprint density at radius 2 is 1.71 bits per heavy atom. The number of rotatable bonds is 10. The van der Waals surface area contributed by atoms with E-state index in [1.807, 2.05) is 52.5 Å². The lowest BCUT2D eigenvalue weighted by atomic mass is 9.93. The number of carbonyl (C=O) groups is 1. The van der Waals surface area contributed by atoms with E-state index in [2.05, 4.69) is 61.2 Å². The van der Waals surface area contributed by atoms with Crippen molar-refractivity contribution in [2.45, 2.75) is 25.7 Å². The summed E-state index contributed by atoms with van der Waals surface area (Å²) in [5.74, 6) is 0.741. The SMILES string of the molecule is CN(C)c1ccc2c(-c3ccc(C(=O)NCCCCCCN=[N+]=[N-])cc3)c3ccc(=[N+](C)C)cc-3oc2c1.O=C=O. The molecular weight excluding hydrogens is 520 g/mol. The Morgan fingerprint density at radius 1 is 1.00 bits per heavy atom. The zero-order valence-electron chi connectivity index (χ0n) is 23.9. The summed E-state index contributed by atoms with van der Waals surface area (Å²) in [6.45, 7) is 1.16. The van der Waals surface area contributed by atoms with E-state index in [4.69, 9.17) is 19.5 Å². The topological polar surface area (TPSA) is 131 Å². The molecule has 0 saturated heterocycles. The van der Waals surface area contributed by atoms with Crippen LogP contribution in [-0.2, 0) is 9.59 Å². The molecule has 10 nitrogen and oxygen atoms in total. The molecule has 0 saturated carbocycles. The van der Waals surface area contributed by atoms with Crippen molar-refractivity contribution < 1.29 is 18.8 Å². The average Bonchev–Trinajstić information content (AvgIpc) is 2.97. The largest absolute Gasteiger partial charge is 0.456 e. The van der Waals surface area contributed by atoms with Gasteiger partial charge in [-0.05, 0) is 54.3 Å². The van der Waals surface area contributed by atoms with Crippen LogP contribution in [0.3, 0.4) is 0 Å². The smallest absolute Gasteiger partial charge is 0.373 e. The molecule has 1 aliphatic carbocycles. The summed E-state index contributed by atoms with van der Waals surface area (Å²) in [6, 6.07) is 20.3. The number of anilines is 1. The van der Waals surface area contributed by atoms with Gasteiger partial charge in [-0.25, -0.2) is 4.58 Å². The monoisotopic (exact) mass is 555 g/mol. The van der Waals surface area contributed by atoms with E-state index in [-0.39, 0.29) is 12.1 Å². The molecule has 41 heavy (non-hydrogen) atoms. The molecule has 2 aromatic carbocycles. The maximum Gasteiger partial charge on any atom is 0.373 e. The summed E-state index contributed by atoms with van der Waals surface area (Å²) < 4.78 is 8.47. The van der Waals surface area contributed by atoms with Crippen LogP contribution in [0, 0.1) is 0 Å². The standard InChI is InChI=1S/C30H34N6O2.CO2/c1-35(2)23-13-15-25-27(19-23)38-28-20-24(36(3)4)14-16-26(28)29(25)21-9-11-22(12-10-21)30(37)32-17-7-5-6-8-18-33-34-31;2-1-3/h9-16,19-20H,5-8,17-18H2,1-4H3;/p+1. The maximum atomic E-state index is 12.7. The van der Waals surface area contributed by atoms with Crippen LogP contribution in [0.1, 0.15) is 36.0 Å². The lowest BCUT2D eigenvalue weighted by Gasteiger charge is -2.18. The molecule has 1 aliphatic heterocycles. The van der Waals surface area contributed by atoms with Crippen molar-refractivity contribution in [2.75, 3.05) is 46.2 Å². The van der Waals surface area contributed by atoms with Gasteiger partial charge in [0.25, 0.3) is 5.91 Å². The number of azide groups is 1. The first-order valence-electron chi connectivity index (χ1n) is 13.4. The number of carbonyl (C=O) groups excluding carboxylic acids is 3. The van der Waals surface area contributed by atoms with E-state index in [1.165, 1.54) is 0 Å². The third-order valence-electron chi connectivity index (χ3n) is 6.69. The molecule has 0 radical (unpaired) electrons. The van der Waals surface area contributed by atoms with Crippen molar-refractivity contribution in [3.63, 3.8) is 0 Å². The van der Waals surface area contributed by atoms with Crippen LogP contribution >= 0.6 is 0 Å². The van der Waals surface area contributed by atoms with Gasteiger partial charge in [0.05, 0.1) is 6.07 Å². The molecule has 4 rings (SSSR count). The van der Waals surface area contributed by atoms with Crippen LogP contribution in [0.4, 0.5) is 5.69 Å². The molecule has 10 heteroatoms. The molecule has 212 valence electrons. The molecule has 0 atom stereocenters. The minimum Gasteiger partial charge on any atom is -0.456 e. The zero-order valence-corrected chi connectivity index (χ0v) is 23.9. The minimum absolute atomic E-state index is 0.0744. The normalized spacial score (nSPS) is 10.2. The highest BCUT2D eigenvalue weighted by atomic mass is 16.3. The van der Waals surface area contributed by atoms with Crippen LogP contribution < -0.4 is 20.1 Å². The Balaban J connectivity index is 0.00000147. The third kappa shape index (κ3) is 8.05. The summed E-state index contributed by atoms with van der Waals surface area (Å²) in [6.07, 6.45) is 4.00. The summed E-state index contributed by atoms with van der Waals surface area (Å²) in [5.41, 5.74) is 14.0. The van der Waals surface area contributed by atoms with Gasteiger partial charge in [-0.3, -0.25) is 4.79 Å². The summed E-state index contributed by atoms with van der Waals surface area (Å²) in [4.78, 5) is 33.8. The molecule has 0 aromatic heterocycles. The number of unbranched alkanes of at least 4 members (excludes halogenated alkanes) is 3. The van der Waals surface area contributed by atoms with Crippen molar-refractivity contribution in [2.24, 2.45) is 5.11 Å². The van der Waals surface area contributed by atoms with Gasteiger partial charge in [-0.2, -0.15) is 9.59 Å². The van der Waals surface area contributed by atoms with Gasteiger partial charge in [-0.1, -0.05) is 30.1 Å². The van der Waals surface area contributed by atoms with Crippen LogP contribution in [0.25, 0.3) is 43.9 Å². The first kappa shape index (κ1) is 30.6. The number of fused-ring (bicyclic) bond motifs is 2. The van der Waals surface area contributed by atoms with E-state index in [0.29, 0.717) is 18.7 Å². The van der Waals surface area contributed by atoms with Crippen molar-refractivity contribution in [1.29, 1.82) is 0 Å². The summed E-state index contributed by atoms with van der Waals surface area (Å²) in [5, 5.41) is 8.64. The highest BCUT2D eigenvalue weighted by Crippen LogP contribution is 2.40. The molecule has 1 amide bonds. The Kier molecular flexibility index (Phi) is 11.2. The number of hydrogen-bond donors (Lipinski definition) is 1. The molecule has 0 bridgehead atoms. The fraction of sp³-hybridized carbons (Fsp3) is 0.323. The second kappa shape index (κ2) is 15.0. The molecular formula is C31H35N6O4+. The summed E-state index contributed by atoms with van der Waals surface area (Å²) in [7, 11) is 8.07. The quantitative estimate of drug-likeness (QED) is 0.0707. The third-order valence-corrected chi connectivity index (χ3v) is 6.69. The molecule has 0 fully saturated rings. The fourth-order valence-corrected chi connectivity index (χ4v) is 4.53. The van der Waals surface area contributed by atoms with Crippen LogP contribution in [0.15, 0.2) is 70.2 Å². The van der Waals surface area contributed by atoms with Gasteiger partial charge in [0.15, 0.2) is 0 Å². The van der Waals surface area contributed by atoms with Gasteiger partial charge in [0.2, 0.25) is 5.36 Å². The van der Waals surface area contributed by atoms with Crippen LogP contribution in [0.2, 0.25) is 0 Å². The Bertz CT molecular complexity index is 1610. The van der Waals surface area contributed by atoms with E-state index < -0.39 is 0 Å². The first-order valence-corrected chi connectivity index (χ1v) is 13.4. The van der Waals surface area contributed by atoms with E-state index in [0.717, 1.165) is 70.1 Å². The van der Waals surface area contributed by atoms with E-state index >= 15 is 0 Å². The molecule has 0 unspecified atom stereocenters. The molecule has 2 aromatic rings. The van der Waals surface area contributed by atoms with Gasteiger partial charge in [-0.15, -0.1) is 0 Å². The fourth-order valence-electron chi connectivity index (χ4n) is 4.53. The predicted octanol–water partition coefficient (Wildman–Crippen LogP) is 5.32. The van der Waals surface area contributed by atoms with E-state index in [9.17, 15) is 4.79 Å². The van der Waals surface area contributed by atoms with Crippen molar-refractivity contribution in [3.8, 4) is 22.5 Å². The van der Waals surface area contributed by atoms with Crippen LogP contribution in [0.5, 0.6) is 0 Å². The second-order valence-electron chi connectivity index (χ2n) is 9.91. The molecule has 1 heterocycles. The number of nitrogens with one attached hydrogen (secondary N) is 1. The molecule has 1 N–H and O–H groups in total. The Hall–Kier alpha value is -4.91. The van der Waals surface area contributed by atoms with Crippen molar-refractivity contribution >= 4 is 28.7 Å². The highest BCUT2D eigenvalue weighted by Gasteiger charge is 2.19. The average molecular weight is 556 g/mol. The first-order chi connectivity index (χ1) is 19.8. The van der Waals surface area contributed by atoms with Gasteiger partial charge in [0, 0.05) is 72.0 Å². The number of benzene rings is 3. The second-order valence-corrected chi connectivity index (χ2v) is 9.91. The van der Waals surface area contributed by atoms with E-state index in [1.54, 1.807) is 0 Å². The van der Waals surface area contributed by atoms with Crippen LogP contribution in [-0.4, -0.2) is 53.3 Å². The lowest BCUT2D eigenvalue weighted by Crippen LogP contribution is -2.24. The Morgan fingerprint density at radius 3 is 2.37 bits per heavy atom. The number of amides is 1. The molecule has 0 spiro atoms. The predicted molar refractivity (Wildman–Crippen MR) is 160 cm³/mol. The van der Waals surface area contributed by atoms with Gasteiger partial charge in [0.1, 0.15) is 25.4 Å². The Labute approximate surface area is 238 Å². The lowest BCUT2D eigenvalue weighted by molar-refractivity contribution is -0.191. The minimum atomic E-state index is -0.0744. The number of nitrogens with zero attached hydrogens (tertiary/aromatic N) is 5. The number of hydrogen-bond acceptors (Lipinski definition) is 6.